The Kier molecular flexibility index (Phi) is 2.58. The van der Waals surface area contributed by atoms with E-state index in [-0.39, 0.29) is 35.2 Å². The Morgan fingerprint density at radius 2 is 2.23 bits per heavy atom. The zero-order chi connectivity index (χ0) is 19.4. The maximum Gasteiger partial charge on any atom is 0.264 e. The first-order chi connectivity index (χ1) is 11.9. The van der Waals surface area contributed by atoms with E-state index in [4.69, 9.17) is 11.2 Å². The number of nitrogen functional groups attached to an aromatic ring is 1. The maximum absolute atomic E-state index is 13.1. The Morgan fingerprint density at radius 1 is 1.45 bits per heavy atom. The number of anilines is 1. The molecule has 1 saturated carbocycles. The molecular formula is C15H14BrN3O3. The number of halogens is 1. The molecule has 7 heteroatoms. The van der Waals surface area contributed by atoms with E-state index in [1.54, 1.807) is 0 Å². The Bertz CT molecular complexity index is 1020. The number of nitrogens with zero attached hydrogens (tertiary/aromatic N) is 2. The molecular weight excluding hydrogens is 350 g/mol. The van der Waals surface area contributed by atoms with Crippen molar-refractivity contribution in [3.05, 3.63) is 32.8 Å². The van der Waals surface area contributed by atoms with Gasteiger partial charge in [-0.2, -0.15) is 0 Å². The normalized spacial score (nSPS) is 25.5. The molecule has 1 aromatic heterocycles. The van der Waals surface area contributed by atoms with Crippen molar-refractivity contribution in [1.82, 2.24) is 9.55 Å². The molecule has 114 valence electrons. The van der Waals surface area contributed by atoms with Gasteiger partial charge in [0.2, 0.25) is 0 Å². The number of hydrogen-bond acceptors (Lipinski definition) is 5. The minimum Gasteiger partial charge on any atom is -0.398 e. The average Bonchev–Trinajstić information content (AvgIpc) is 2.49. The average molecular weight is 368 g/mol. The summed E-state index contributed by atoms with van der Waals surface area (Å²) in [7, 11) is 0. The fourth-order valence-electron chi connectivity index (χ4n) is 2.56. The third kappa shape index (κ3) is 2.35. The molecule has 6 nitrogen and oxygen atoms in total. The van der Waals surface area contributed by atoms with E-state index in [9.17, 15) is 14.4 Å². The van der Waals surface area contributed by atoms with E-state index in [1.165, 1.54) is 12.1 Å². The molecule has 3 rings (SSSR count). The van der Waals surface area contributed by atoms with Crippen LogP contribution in [0.25, 0.3) is 10.9 Å². The number of carbonyl (C=O) groups is 2. The number of nitrogens with two attached hydrogens (primary N) is 1. The first-order valence-corrected chi connectivity index (χ1v) is 7.32. The second-order valence-electron chi connectivity index (χ2n) is 5.05. The number of carbonyl (C=O) groups excluding carboxylic acids is 2. The summed E-state index contributed by atoms with van der Waals surface area (Å²) in [6.45, 7) is -2.85. The van der Waals surface area contributed by atoms with Crippen LogP contribution in [0.15, 0.2) is 21.4 Å². The summed E-state index contributed by atoms with van der Waals surface area (Å²) >= 11 is 3.21. The number of benzene rings is 1. The summed E-state index contributed by atoms with van der Waals surface area (Å²) in [5.74, 6) is -1.86. The molecule has 1 aliphatic rings. The molecule has 1 aliphatic carbocycles. The number of aryl methyl sites for hydroxylation is 1. The van der Waals surface area contributed by atoms with Crippen LogP contribution in [0.5, 0.6) is 0 Å². The molecule has 2 N–H and O–H groups in total. The Morgan fingerprint density at radius 3 is 2.91 bits per heavy atom. The smallest absolute Gasteiger partial charge is 0.264 e. The van der Waals surface area contributed by atoms with Gasteiger partial charge in [0, 0.05) is 20.7 Å². The first kappa shape index (κ1) is 10.7. The highest BCUT2D eigenvalue weighted by Crippen LogP contribution is 2.26. The van der Waals surface area contributed by atoms with Crippen LogP contribution in [-0.2, 0) is 9.59 Å². The van der Waals surface area contributed by atoms with Crippen LogP contribution in [0.3, 0.4) is 0 Å². The monoisotopic (exact) mass is 367 g/mol. The van der Waals surface area contributed by atoms with E-state index in [2.05, 4.69) is 20.9 Å². The second-order valence-corrected chi connectivity index (χ2v) is 5.97. The van der Waals surface area contributed by atoms with Crippen molar-refractivity contribution in [3.8, 4) is 0 Å². The van der Waals surface area contributed by atoms with Crippen LogP contribution < -0.4 is 11.3 Å². The summed E-state index contributed by atoms with van der Waals surface area (Å²) in [6, 6.07) is 0.679. The van der Waals surface area contributed by atoms with Crippen LogP contribution in [0, 0.1) is 6.85 Å². The summed E-state index contributed by atoms with van der Waals surface area (Å²) in [6.07, 6.45) is -0.919. The van der Waals surface area contributed by atoms with Crippen LogP contribution in [0.1, 0.15) is 36.6 Å². The zero-order valence-electron chi connectivity index (χ0n) is 15.4. The summed E-state index contributed by atoms with van der Waals surface area (Å²) < 4.78 is 32.7. The third-order valence-corrected chi connectivity index (χ3v) is 4.02. The highest BCUT2D eigenvalue weighted by atomic mass is 79.9. The maximum atomic E-state index is 13.1. The number of aromatic nitrogens is 2. The molecule has 2 aromatic rings. The lowest BCUT2D eigenvalue weighted by molar-refractivity contribution is -0.132. The van der Waals surface area contributed by atoms with Crippen LogP contribution in [0.2, 0.25) is 0 Å². The fraction of sp³-hybridized carbons (Fsp3) is 0.333. The Labute approximate surface area is 140 Å². The van der Waals surface area contributed by atoms with Gasteiger partial charge in [-0.3, -0.25) is 19.0 Å². The van der Waals surface area contributed by atoms with E-state index in [0.29, 0.717) is 9.04 Å². The van der Waals surface area contributed by atoms with E-state index in [0.717, 1.165) is 0 Å². The van der Waals surface area contributed by atoms with Gasteiger partial charge in [0.1, 0.15) is 11.6 Å². The van der Waals surface area contributed by atoms with Crippen molar-refractivity contribution in [1.29, 1.82) is 0 Å². The van der Waals surface area contributed by atoms with Crippen LogP contribution in [0.4, 0.5) is 5.69 Å². The lowest BCUT2D eigenvalue weighted by Crippen LogP contribution is -2.36. The van der Waals surface area contributed by atoms with Gasteiger partial charge in [-0.1, -0.05) is 15.9 Å². The number of ketones is 2. The molecule has 0 saturated heterocycles. The van der Waals surface area contributed by atoms with Gasteiger partial charge in [0.05, 0.1) is 24.7 Å². The van der Waals surface area contributed by atoms with Crippen LogP contribution in [-0.4, -0.2) is 21.1 Å². The highest BCUT2D eigenvalue weighted by molar-refractivity contribution is 9.10. The van der Waals surface area contributed by atoms with Crippen molar-refractivity contribution in [2.45, 2.75) is 32.1 Å². The van der Waals surface area contributed by atoms with Gasteiger partial charge in [-0.15, -0.1) is 0 Å². The molecule has 0 bridgehead atoms. The van der Waals surface area contributed by atoms with Gasteiger partial charge in [-0.25, -0.2) is 4.98 Å². The van der Waals surface area contributed by atoms with Gasteiger partial charge < -0.3 is 5.73 Å². The molecule has 1 unspecified atom stereocenters. The van der Waals surface area contributed by atoms with Gasteiger partial charge >= 0.3 is 0 Å². The Balaban J connectivity index is 2.44. The standard InChI is InChI=1S/C15H14BrN3O3/c1-7-18-11-5-8(16)4-10(17)14(11)15(22)19(7)12-3-2-9(20)6-13(12)21/h4-5,12H,2-3,6,17H2,1H3/i1D3,12D. The number of Topliss-reactive ketones (excluding diaryl/α,β-unsaturated/α-hetero) is 2. The number of hydrogen-bond donors (Lipinski definition) is 1. The van der Waals surface area contributed by atoms with Crippen molar-refractivity contribution in [2.24, 2.45) is 0 Å². The molecule has 1 fully saturated rings. The Hall–Kier alpha value is -2.02. The predicted molar refractivity (Wildman–Crippen MR) is 85.8 cm³/mol. The molecule has 0 aliphatic heterocycles. The molecule has 0 radical (unpaired) electrons. The lowest BCUT2D eigenvalue weighted by atomic mass is 9.92. The summed E-state index contributed by atoms with van der Waals surface area (Å²) in [5, 5.41) is -0.0717. The molecule has 0 amide bonds. The first-order valence-electron chi connectivity index (χ1n) is 8.53. The van der Waals surface area contributed by atoms with Crippen molar-refractivity contribution < 1.29 is 15.1 Å². The van der Waals surface area contributed by atoms with E-state index in [1.807, 2.05) is 0 Å². The van der Waals surface area contributed by atoms with Crippen molar-refractivity contribution in [2.75, 3.05) is 5.73 Å². The summed E-state index contributed by atoms with van der Waals surface area (Å²) in [4.78, 5) is 41.1. The highest BCUT2D eigenvalue weighted by Gasteiger charge is 2.30. The summed E-state index contributed by atoms with van der Waals surface area (Å²) in [5.41, 5.74) is 5.10. The largest absolute Gasteiger partial charge is 0.398 e. The van der Waals surface area contributed by atoms with Gasteiger partial charge in [0.15, 0.2) is 5.78 Å². The van der Waals surface area contributed by atoms with Crippen molar-refractivity contribution >= 4 is 44.1 Å². The fourth-order valence-corrected chi connectivity index (χ4v) is 3.02. The molecule has 0 spiro atoms. The minimum atomic E-state index is -2.85. The third-order valence-electron chi connectivity index (χ3n) is 3.56. The van der Waals surface area contributed by atoms with Gasteiger partial charge in [-0.05, 0) is 25.4 Å². The van der Waals surface area contributed by atoms with E-state index >= 15 is 0 Å². The lowest BCUT2D eigenvalue weighted by Gasteiger charge is -2.24. The SMILES string of the molecule is [2H]C([2H])([2H])c1nc2cc(Br)cc(N)c2c(=O)n1C1([2H])CCC(=O)CC1=O. The molecule has 1 heterocycles. The quantitative estimate of drug-likeness (QED) is 0.613. The van der Waals surface area contributed by atoms with Gasteiger partial charge in [0.25, 0.3) is 5.56 Å². The molecule has 22 heavy (non-hydrogen) atoms. The second kappa shape index (κ2) is 5.31. The molecule has 1 aromatic carbocycles. The number of fused-ring (bicyclic) bond motifs is 1. The predicted octanol–water partition coefficient (Wildman–Crippen LogP) is 1.91. The van der Waals surface area contributed by atoms with E-state index < -0.39 is 36.5 Å². The minimum absolute atomic E-state index is 0.0423. The topological polar surface area (TPSA) is 95.0 Å². The van der Waals surface area contributed by atoms with Crippen molar-refractivity contribution in [3.63, 3.8) is 0 Å². The zero-order valence-corrected chi connectivity index (χ0v) is 12.9. The molecule has 1 atom stereocenters. The van der Waals surface area contributed by atoms with Crippen LogP contribution >= 0.6 is 15.9 Å². The number of rotatable bonds is 1.